The van der Waals surface area contributed by atoms with Crippen LogP contribution in [-0.4, -0.2) is 18.4 Å². The smallest absolute Gasteiger partial charge is 0.311 e. The maximum atomic E-state index is 11.6. The highest BCUT2D eigenvalue weighted by Crippen LogP contribution is 2.21. The zero-order valence-electron chi connectivity index (χ0n) is 11.5. The number of hydrogen-bond acceptors (Lipinski definition) is 3. The van der Waals surface area contributed by atoms with Crippen LogP contribution in [0.5, 0.6) is 0 Å². The number of allylic oxidation sites excluding steroid dienone is 1. The van der Waals surface area contributed by atoms with E-state index >= 15 is 0 Å². The fourth-order valence-electron chi connectivity index (χ4n) is 1.11. The SMILES string of the molecule is C=C(C)C(=O)CCCCOC(=O)C(C)(C)CC. The summed E-state index contributed by atoms with van der Waals surface area (Å²) in [7, 11) is 0. The van der Waals surface area contributed by atoms with Gasteiger partial charge in [0.15, 0.2) is 5.78 Å². The molecular formula is C14H24O3. The first-order chi connectivity index (χ1) is 7.81. The van der Waals surface area contributed by atoms with E-state index in [2.05, 4.69) is 6.58 Å². The third kappa shape index (κ3) is 6.25. The Labute approximate surface area is 104 Å². The highest BCUT2D eigenvalue weighted by Gasteiger charge is 2.26. The van der Waals surface area contributed by atoms with E-state index in [4.69, 9.17) is 4.74 Å². The van der Waals surface area contributed by atoms with Gasteiger partial charge in [-0.1, -0.05) is 13.5 Å². The van der Waals surface area contributed by atoms with Crippen molar-refractivity contribution in [3.05, 3.63) is 12.2 Å². The molecule has 0 aromatic heterocycles. The third-order valence-corrected chi connectivity index (χ3v) is 2.94. The number of ketones is 1. The van der Waals surface area contributed by atoms with E-state index in [-0.39, 0.29) is 11.8 Å². The summed E-state index contributed by atoms with van der Waals surface area (Å²) in [6.07, 6.45) is 2.72. The summed E-state index contributed by atoms with van der Waals surface area (Å²) in [5.74, 6) is -0.0727. The average molecular weight is 240 g/mol. The van der Waals surface area contributed by atoms with Gasteiger partial charge in [-0.3, -0.25) is 9.59 Å². The summed E-state index contributed by atoms with van der Waals surface area (Å²) < 4.78 is 5.17. The highest BCUT2D eigenvalue weighted by molar-refractivity contribution is 5.93. The number of hydrogen-bond donors (Lipinski definition) is 0. The standard InChI is InChI=1S/C14H24O3/c1-6-14(4,5)13(16)17-10-8-7-9-12(15)11(2)3/h2,6-10H2,1,3-5H3. The first-order valence-electron chi connectivity index (χ1n) is 6.17. The summed E-state index contributed by atoms with van der Waals surface area (Å²) in [5, 5.41) is 0. The van der Waals surface area contributed by atoms with Gasteiger partial charge >= 0.3 is 5.97 Å². The quantitative estimate of drug-likeness (QED) is 0.371. The Morgan fingerprint density at radius 1 is 1.24 bits per heavy atom. The first kappa shape index (κ1) is 15.9. The Morgan fingerprint density at radius 2 is 1.82 bits per heavy atom. The molecule has 0 spiro atoms. The summed E-state index contributed by atoms with van der Waals surface area (Å²) in [6.45, 7) is 11.4. The van der Waals surface area contributed by atoms with E-state index in [1.54, 1.807) is 6.92 Å². The largest absolute Gasteiger partial charge is 0.465 e. The lowest BCUT2D eigenvalue weighted by Crippen LogP contribution is -2.26. The van der Waals surface area contributed by atoms with Gasteiger partial charge in [0, 0.05) is 6.42 Å². The Kier molecular flexibility index (Phi) is 6.78. The number of esters is 1. The van der Waals surface area contributed by atoms with Crippen LogP contribution in [0, 0.1) is 5.41 Å². The lowest BCUT2D eigenvalue weighted by molar-refractivity contribution is -0.154. The lowest BCUT2D eigenvalue weighted by atomic mass is 9.91. The molecule has 0 aliphatic rings. The molecule has 17 heavy (non-hydrogen) atoms. The fraction of sp³-hybridized carbons (Fsp3) is 0.714. The zero-order valence-corrected chi connectivity index (χ0v) is 11.5. The summed E-state index contributed by atoms with van der Waals surface area (Å²) in [6, 6.07) is 0. The van der Waals surface area contributed by atoms with Crippen LogP contribution in [0.25, 0.3) is 0 Å². The van der Waals surface area contributed by atoms with E-state index in [0.29, 0.717) is 18.6 Å². The van der Waals surface area contributed by atoms with Crippen molar-refractivity contribution in [2.24, 2.45) is 5.41 Å². The number of unbranched alkanes of at least 4 members (excludes halogenated alkanes) is 1. The van der Waals surface area contributed by atoms with Crippen LogP contribution in [0.4, 0.5) is 0 Å². The minimum Gasteiger partial charge on any atom is -0.465 e. The minimum absolute atomic E-state index is 0.0882. The predicted molar refractivity (Wildman–Crippen MR) is 68.7 cm³/mol. The zero-order chi connectivity index (χ0) is 13.5. The van der Waals surface area contributed by atoms with Crippen molar-refractivity contribution in [1.82, 2.24) is 0 Å². The Hall–Kier alpha value is -1.12. The highest BCUT2D eigenvalue weighted by atomic mass is 16.5. The normalized spacial score (nSPS) is 11.1. The number of carbonyl (C=O) groups is 2. The maximum Gasteiger partial charge on any atom is 0.311 e. The fourth-order valence-corrected chi connectivity index (χ4v) is 1.11. The van der Waals surface area contributed by atoms with Gasteiger partial charge < -0.3 is 4.74 Å². The summed E-state index contributed by atoms with van der Waals surface area (Å²) in [4.78, 5) is 22.8. The molecule has 0 saturated heterocycles. The van der Waals surface area contributed by atoms with E-state index in [9.17, 15) is 9.59 Å². The Balaban J connectivity index is 3.69. The average Bonchev–Trinajstić information content (AvgIpc) is 2.27. The molecule has 0 heterocycles. The molecule has 0 aliphatic carbocycles. The van der Waals surface area contributed by atoms with Crippen LogP contribution in [-0.2, 0) is 14.3 Å². The van der Waals surface area contributed by atoms with Gasteiger partial charge in [-0.25, -0.2) is 0 Å². The predicted octanol–water partition coefficient (Wildman–Crippen LogP) is 3.28. The summed E-state index contributed by atoms with van der Waals surface area (Å²) in [5.41, 5.74) is 0.183. The number of rotatable bonds is 8. The summed E-state index contributed by atoms with van der Waals surface area (Å²) >= 11 is 0. The van der Waals surface area contributed by atoms with E-state index in [1.165, 1.54) is 0 Å². The molecule has 0 aromatic carbocycles. The van der Waals surface area contributed by atoms with Crippen molar-refractivity contribution >= 4 is 11.8 Å². The van der Waals surface area contributed by atoms with Crippen molar-refractivity contribution in [2.75, 3.05) is 6.61 Å². The van der Waals surface area contributed by atoms with Crippen LogP contribution < -0.4 is 0 Å². The van der Waals surface area contributed by atoms with Gasteiger partial charge in [0.25, 0.3) is 0 Å². The molecule has 0 fully saturated rings. The molecule has 0 aliphatic heterocycles. The number of ether oxygens (including phenoxy) is 1. The van der Waals surface area contributed by atoms with Crippen LogP contribution >= 0.6 is 0 Å². The van der Waals surface area contributed by atoms with Crippen LogP contribution in [0.2, 0.25) is 0 Å². The van der Waals surface area contributed by atoms with Gasteiger partial charge in [0.05, 0.1) is 12.0 Å². The molecule has 0 atom stereocenters. The molecular weight excluding hydrogens is 216 g/mol. The van der Waals surface area contributed by atoms with Gasteiger partial charge in [0.2, 0.25) is 0 Å². The van der Waals surface area contributed by atoms with Gasteiger partial charge in [-0.2, -0.15) is 0 Å². The van der Waals surface area contributed by atoms with Crippen molar-refractivity contribution in [3.63, 3.8) is 0 Å². The van der Waals surface area contributed by atoms with E-state index < -0.39 is 5.41 Å². The van der Waals surface area contributed by atoms with Gasteiger partial charge in [-0.05, 0) is 45.6 Å². The third-order valence-electron chi connectivity index (χ3n) is 2.94. The molecule has 0 radical (unpaired) electrons. The van der Waals surface area contributed by atoms with Crippen LogP contribution in [0.1, 0.15) is 53.4 Å². The minimum atomic E-state index is -0.409. The molecule has 0 unspecified atom stereocenters. The van der Waals surface area contributed by atoms with Crippen molar-refractivity contribution in [3.8, 4) is 0 Å². The number of Topliss-reactive ketones (excluding diaryl/α,β-unsaturated/α-hetero) is 1. The molecule has 0 aromatic rings. The first-order valence-corrected chi connectivity index (χ1v) is 6.17. The van der Waals surface area contributed by atoms with E-state index in [0.717, 1.165) is 19.3 Å². The molecule has 0 bridgehead atoms. The monoisotopic (exact) mass is 240 g/mol. The van der Waals surface area contributed by atoms with Crippen LogP contribution in [0.3, 0.4) is 0 Å². The maximum absolute atomic E-state index is 11.6. The van der Waals surface area contributed by atoms with Gasteiger partial charge in [0.1, 0.15) is 0 Å². The molecule has 0 saturated carbocycles. The Bertz CT molecular complexity index is 290. The topological polar surface area (TPSA) is 43.4 Å². The second-order valence-electron chi connectivity index (χ2n) is 5.03. The van der Waals surface area contributed by atoms with Crippen molar-refractivity contribution < 1.29 is 14.3 Å². The van der Waals surface area contributed by atoms with Crippen LogP contribution in [0.15, 0.2) is 12.2 Å². The number of carbonyl (C=O) groups excluding carboxylic acids is 2. The van der Waals surface area contributed by atoms with Crippen molar-refractivity contribution in [1.29, 1.82) is 0 Å². The molecule has 98 valence electrons. The Morgan fingerprint density at radius 3 is 2.29 bits per heavy atom. The molecule has 0 N–H and O–H groups in total. The second kappa shape index (κ2) is 7.25. The van der Waals surface area contributed by atoms with E-state index in [1.807, 2.05) is 20.8 Å². The molecule has 3 heteroatoms. The second-order valence-corrected chi connectivity index (χ2v) is 5.03. The molecule has 0 amide bonds. The van der Waals surface area contributed by atoms with Gasteiger partial charge in [-0.15, -0.1) is 0 Å². The molecule has 0 rings (SSSR count). The lowest BCUT2D eigenvalue weighted by Gasteiger charge is -2.20. The molecule has 3 nitrogen and oxygen atoms in total. The van der Waals surface area contributed by atoms with Crippen molar-refractivity contribution in [2.45, 2.75) is 53.4 Å².